The molecule has 0 saturated carbocycles. The minimum absolute atomic E-state index is 0.170. The van der Waals surface area contributed by atoms with Crippen molar-refractivity contribution in [1.82, 2.24) is 0 Å². The molecule has 4 heteroatoms. The van der Waals surface area contributed by atoms with Crippen molar-refractivity contribution in [2.75, 3.05) is 12.4 Å². The standard InChI is InChI=1S/C10H12O2S2/c1-2-12-10(11)9-5-7-6-13-4-3-8(7)14-9/h5H,2-4,6H2,1H3. The molecule has 0 saturated heterocycles. The van der Waals surface area contributed by atoms with Gasteiger partial charge in [0, 0.05) is 10.6 Å². The van der Waals surface area contributed by atoms with Gasteiger partial charge in [-0.1, -0.05) is 0 Å². The van der Waals surface area contributed by atoms with Crippen LogP contribution in [0.1, 0.15) is 27.0 Å². The lowest BCUT2D eigenvalue weighted by Gasteiger charge is -2.08. The zero-order valence-corrected chi connectivity index (χ0v) is 9.67. The molecule has 2 rings (SSSR count). The smallest absolute Gasteiger partial charge is 0.348 e. The van der Waals surface area contributed by atoms with Gasteiger partial charge in [-0.3, -0.25) is 0 Å². The van der Waals surface area contributed by atoms with Crippen molar-refractivity contribution in [2.24, 2.45) is 0 Å². The third-order valence-electron chi connectivity index (χ3n) is 2.10. The van der Waals surface area contributed by atoms with Crippen LogP contribution in [0.4, 0.5) is 0 Å². The van der Waals surface area contributed by atoms with Gasteiger partial charge in [0.1, 0.15) is 4.88 Å². The average molecular weight is 228 g/mol. The Morgan fingerprint density at radius 2 is 2.50 bits per heavy atom. The Balaban J connectivity index is 2.19. The maximum Gasteiger partial charge on any atom is 0.348 e. The monoisotopic (exact) mass is 228 g/mol. The molecule has 0 amide bonds. The van der Waals surface area contributed by atoms with Crippen molar-refractivity contribution < 1.29 is 9.53 Å². The Labute approximate surface area is 91.7 Å². The van der Waals surface area contributed by atoms with Crippen LogP contribution in [0.15, 0.2) is 6.07 Å². The highest BCUT2D eigenvalue weighted by atomic mass is 32.2. The van der Waals surface area contributed by atoms with E-state index in [2.05, 4.69) is 0 Å². The molecule has 0 N–H and O–H groups in total. The highest BCUT2D eigenvalue weighted by molar-refractivity contribution is 7.98. The number of aryl methyl sites for hydroxylation is 1. The van der Waals surface area contributed by atoms with Gasteiger partial charge in [0.25, 0.3) is 0 Å². The van der Waals surface area contributed by atoms with Crippen molar-refractivity contribution in [1.29, 1.82) is 0 Å². The van der Waals surface area contributed by atoms with E-state index in [1.807, 2.05) is 24.8 Å². The molecule has 1 aromatic heterocycles. The first-order chi connectivity index (χ1) is 6.81. The molecule has 1 aliphatic heterocycles. The summed E-state index contributed by atoms with van der Waals surface area (Å²) in [6, 6.07) is 1.99. The summed E-state index contributed by atoms with van der Waals surface area (Å²) in [6.07, 6.45) is 1.10. The second-order valence-electron chi connectivity index (χ2n) is 3.08. The topological polar surface area (TPSA) is 26.3 Å². The molecule has 2 heterocycles. The number of carbonyl (C=O) groups is 1. The van der Waals surface area contributed by atoms with Gasteiger partial charge < -0.3 is 4.74 Å². The zero-order chi connectivity index (χ0) is 9.97. The summed E-state index contributed by atoms with van der Waals surface area (Å²) in [4.78, 5) is 13.6. The van der Waals surface area contributed by atoms with Gasteiger partial charge in [-0.2, -0.15) is 11.8 Å². The lowest BCUT2D eigenvalue weighted by molar-refractivity contribution is 0.0532. The Morgan fingerprint density at radius 1 is 1.64 bits per heavy atom. The summed E-state index contributed by atoms with van der Waals surface area (Å²) in [6.45, 7) is 2.29. The van der Waals surface area contributed by atoms with Crippen LogP contribution in [0.2, 0.25) is 0 Å². The average Bonchev–Trinajstić information content (AvgIpc) is 2.61. The quantitative estimate of drug-likeness (QED) is 0.728. The van der Waals surface area contributed by atoms with E-state index in [-0.39, 0.29) is 5.97 Å². The predicted octanol–water partition coefficient (Wildman–Crippen LogP) is 2.71. The molecule has 0 spiro atoms. The summed E-state index contributed by atoms with van der Waals surface area (Å²) < 4.78 is 4.97. The fraction of sp³-hybridized carbons (Fsp3) is 0.500. The van der Waals surface area contributed by atoms with Gasteiger partial charge >= 0.3 is 5.97 Å². The van der Waals surface area contributed by atoms with Crippen molar-refractivity contribution in [3.63, 3.8) is 0 Å². The zero-order valence-electron chi connectivity index (χ0n) is 8.04. The van der Waals surface area contributed by atoms with Gasteiger partial charge in [-0.05, 0) is 30.7 Å². The number of hydrogen-bond acceptors (Lipinski definition) is 4. The number of hydrogen-bond donors (Lipinski definition) is 0. The van der Waals surface area contributed by atoms with Gasteiger partial charge in [-0.15, -0.1) is 11.3 Å². The molecule has 0 atom stereocenters. The minimum Gasteiger partial charge on any atom is -0.462 e. The van der Waals surface area contributed by atoms with Crippen LogP contribution in [0.5, 0.6) is 0 Å². The summed E-state index contributed by atoms with van der Waals surface area (Å²) in [5.74, 6) is 2.05. The maximum atomic E-state index is 11.4. The van der Waals surface area contributed by atoms with E-state index in [4.69, 9.17) is 4.74 Å². The molecule has 2 nitrogen and oxygen atoms in total. The Kier molecular flexibility index (Phi) is 3.13. The minimum atomic E-state index is -0.170. The molecule has 0 bridgehead atoms. The molecule has 0 fully saturated rings. The molecular formula is C10H12O2S2. The number of thioether (sulfide) groups is 1. The van der Waals surface area contributed by atoms with Crippen LogP contribution in [-0.2, 0) is 16.9 Å². The first-order valence-electron chi connectivity index (χ1n) is 4.67. The number of ether oxygens (including phenoxy) is 1. The highest BCUT2D eigenvalue weighted by Crippen LogP contribution is 2.31. The van der Waals surface area contributed by atoms with Crippen molar-refractivity contribution >= 4 is 29.1 Å². The third-order valence-corrected chi connectivity index (χ3v) is 4.33. The molecule has 0 unspecified atom stereocenters. The molecule has 76 valence electrons. The van der Waals surface area contributed by atoms with E-state index < -0.39 is 0 Å². The Morgan fingerprint density at radius 3 is 3.21 bits per heavy atom. The van der Waals surface area contributed by atoms with E-state index in [9.17, 15) is 4.79 Å². The maximum absolute atomic E-state index is 11.4. The van der Waals surface area contributed by atoms with Crippen LogP contribution < -0.4 is 0 Å². The summed E-state index contributed by atoms with van der Waals surface area (Å²) in [5, 5.41) is 0. The molecule has 0 aromatic carbocycles. The molecule has 0 aliphatic carbocycles. The van der Waals surface area contributed by atoms with Crippen LogP contribution in [0.3, 0.4) is 0 Å². The molecular weight excluding hydrogens is 216 g/mol. The van der Waals surface area contributed by atoms with Gasteiger partial charge in [0.2, 0.25) is 0 Å². The fourth-order valence-electron chi connectivity index (χ4n) is 1.45. The molecule has 14 heavy (non-hydrogen) atoms. The first kappa shape index (κ1) is 10.1. The second-order valence-corrected chi connectivity index (χ2v) is 5.32. The normalized spacial score (nSPS) is 14.9. The van der Waals surface area contributed by atoms with E-state index in [0.717, 1.165) is 17.1 Å². The van der Waals surface area contributed by atoms with Crippen molar-refractivity contribution in [2.45, 2.75) is 19.1 Å². The number of rotatable bonds is 2. The molecule has 1 aromatic rings. The fourth-order valence-corrected chi connectivity index (χ4v) is 3.72. The van der Waals surface area contributed by atoms with Gasteiger partial charge in [0.15, 0.2) is 0 Å². The first-order valence-corrected chi connectivity index (χ1v) is 6.65. The van der Waals surface area contributed by atoms with E-state index in [0.29, 0.717) is 6.61 Å². The second kappa shape index (κ2) is 4.36. The summed E-state index contributed by atoms with van der Waals surface area (Å²) in [7, 11) is 0. The van der Waals surface area contributed by atoms with Crippen LogP contribution in [-0.4, -0.2) is 18.3 Å². The number of thiophene rings is 1. The third kappa shape index (κ3) is 1.96. The molecule has 1 aliphatic rings. The Hall–Kier alpha value is -0.480. The van der Waals surface area contributed by atoms with E-state index >= 15 is 0 Å². The number of carbonyl (C=O) groups excluding carboxylic acids is 1. The van der Waals surface area contributed by atoms with Crippen LogP contribution in [0.25, 0.3) is 0 Å². The van der Waals surface area contributed by atoms with Crippen molar-refractivity contribution in [3.8, 4) is 0 Å². The van der Waals surface area contributed by atoms with Crippen molar-refractivity contribution in [3.05, 3.63) is 21.4 Å². The highest BCUT2D eigenvalue weighted by Gasteiger charge is 2.17. The Bertz CT molecular complexity index is 320. The van der Waals surface area contributed by atoms with Crippen LogP contribution >= 0.6 is 23.1 Å². The van der Waals surface area contributed by atoms with E-state index in [1.54, 1.807) is 11.3 Å². The van der Waals surface area contributed by atoms with Crippen LogP contribution in [0, 0.1) is 0 Å². The van der Waals surface area contributed by atoms with E-state index in [1.165, 1.54) is 16.2 Å². The summed E-state index contributed by atoms with van der Waals surface area (Å²) >= 11 is 3.53. The lowest BCUT2D eigenvalue weighted by atomic mass is 10.2. The molecule has 0 radical (unpaired) electrons. The predicted molar refractivity (Wildman–Crippen MR) is 60.1 cm³/mol. The number of fused-ring (bicyclic) bond motifs is 1. The lowest BCUT2D eigenvalue weighted by Crippen LogP contribution is -2.01. The SMILES string of the molecule is CCOC(=O)c1cc2c(s1)CCSC2. The number of esters is 1. The van der Waals surface area contributed by atoms with Gasteiger partial charge in [-0.25, -0.2) is 4.79 Å². The van der Waals surface area contributed by atoms with Gasteiger partial charge in [0.05, 0.1) is 6.61 Å². The largest absolute Gasteiger partial charge is 0.462 e. The summed E-state index contributed by atoms with van der Waals surface area (Å²) in [5.41, 5.74) is 1.33.